The summed E-state index contributed by atoms with van der Waals surface area (Å²) in [5.41, 5.74) is 1.11. The lowest BCUT2D eigenvalue weighted by atomic mass is 9.89. The molecule has 0 radical (unpaired) electrons. The average molecular weight is 524 g/mol. The Morgan fingerprint density at radius 1 is 1.08 bits per heavy atom. The first kappa shape index (κ1) is 26.6. The molecule has 2 aromatic rings. The number of hydrogen-bond acceptors (Lipinski definition) is 7. The van der Waals surface area contributed by atoms with E-state index in [1.807, 2.05) is 29.2 Å². The number of anilines is 1. The molecule has 1 unspecified atom stereocenters. The van der Waals surface area contributed by atoms with Gasteiger partial charge >= 0.3 is 0 Å². The SMILES string of the molecule is CC(=O)C[C@@H]1CC[C@H](C(=O)C[C@@H](C)c2ccc(OC3CCN(c4ncnc(OCC5CC5)c4F)C3)cc2)C1. The lowest BCUT2D eigenvalue weighted by molar-refractivity contribution is -0.123. The zero-order valence-electron chi connectivity index (χ0n) is 22.4. The summed E-state index contributed by atoms with van der Waals surface area (Å²) in [4.78, 5) is 34.3. The summed E-state index contributed by atoms with van der Waals surface area (Å²) in [5.74, 6) is 2.18. The lowest BCUT2D eigenvalue weighted by Crippen LogP contribution is -2.26. The van der Waals surface area contributed by atoms with Gasteiger partial charge < -0.3 is 19.2 Å². The normalized spacial score (nSPS) is 23.9. The van der Waals surface area contributed by atoms with Crippen molar-refractivity contribution in [2.75, 3.05) is 24.6 Å². The Morgan fingerprint density at radius 3 is 2.58 bits per heavy atom. The Kier molecular flexibility index (Phi) is 8.24. The Labute approximate surface area is 224 Å². The van der Waals surface area contributed by atoms with Gasteiger partial charge in [0.15, 0.2) is 5.82 Å². The Morgan fingerprint density at radius 2 is 1.84 bits per heavy atom. The van der Waals surface area contributed by atoms with E-state index in [0.717, 1.165) is 49.8 Å². The molecule has 5 rings (SSSR count). The molecule has 0 bridgehead atoms. The number of rotatable bonds is 12. The number of hydrogen-bond donors (Lipinski definition) is 0. The number of carbonyl (C=O) groups excluding carboxylic acids is 2. The fraction of sp³-hybridized carbons (Fsp3) is 0.600. The molecule has 0 amide bonds. The number of halogens is 1. The van der Waals surface area contributed by atoms with Crippen molar-refractivity contribution in [1.82, 2.24) is 9.97 Å². The highest BCUT2D eigenvalue weighted by atomic mass is 19.1. The summed E-state index contributed by atoms with van der Waals surface area (Å²) in [7, 11) is 0. The summed E-state index contributed by atoms with van der Waals surface area (Å²) >= 11 is 0. The molecule has 7 nitrogen and oxygen atoms in total. The predicted octanol–water partition coefficient (Wildman–Crippen LogP) is 5.52. The summed E-state index contributed by atoms with van der Waals surface area (Å²) < 4.78 is 26.7. The van der Waals surface area contributed by atoms with Crippen molar-refractivity contribution in [2.24, 2.45) is 17.8 Å². The van der Waals surface area contributed by atoms with Crippen LogP contribution in [-0.4, -0.2) is 47.3 Å². The number of nitrogens with zero attached hydrogens (tertiary/aromatic N) is 3. The van der Waals surface area contributed by atoms with Crippen molar-refractivity contribution >= 4 is 17.4 Å². The van der Waals surface area contributed by atoms with E-state index in [2.05, 4.69) is 16.9 Å². The topological polar surface area (TPSA) is 81.6 Å². The van der Waals surface area contributed by atoms with Gasteiger partial charge in [-0.05, 0) is 74.5 Å². The fourth-order valence-corrected chi connectivity index (χ4v) is 5.78. The Hall–Kier alpha value is -3.03. The van der Waals surface area contributed by atoms with Crippen LogP contribution in [0.2, 0.25) is 0 Å². The maximum Gasteiger partial charge on any atom is 0.255 e. The molecule has 38 heavy (non-hydrogen) atoms. The van der Waals surface area contributed by atoms with Gasteiger partial charge in [-0.3, -0.25) is 4.79 Å². The van der Waals surface area contributed by atoms with Crippen LogP contribution in [0.15, 0.2) is 30.6 Å². The number of carbonyl (C=O) groups is 2. The minimum Gasteiger partial charge on any atom is -0.489 e. The molecule has 2 heterocycles. The first-order valence-electron chi connectivity index (χ1n) is 14.0. The largest absolute Gasteiger partial charge is 0.489 e. The second kappa shape index (κ2) is 11.8. The van der Waals surface area contributed by atoms with E-state index in [-0.39, 0.29) is 35.4 Å². The highest BCUT2D eigenvalue weighted by Gasteiger charge is 2.32. The van der Waals surface area contributed by atoms with Crippen LogP contribution < -0.4 is 14.4 Å². The molecular formula is C30H38FN3O4. The lowest BCUT2D eigenvalue weighted by Gasteiger charge is -2.19. The molecule has 1 saturated heterocycles. The number of ketones is 2. The van der Waals surface area contributed by atoms with Crippen molar-refractivity contribution in [3.8, 4) is 11.6 Å². The molecule has 3 fully saturated rings. The maximum absolute atomic E-state index is 15.0. The molecule has 2 aliphatic carbocycles. The van der Waals surface area contributed by atoms with Crippen LogP contribution in [0.4, 0.5) is 10.2 Å². The molecule has 2 saturated carbocycles. The van der Waals surface area contributed by atoms with E-state index in [9.17, 15) is 14.0 Å². The summed E-state index contributed by atoms with van der Waals surface area (Å²) in [6.45, 7) is 5.40. The van der Waals surface area contributed by atoms with E-state index in [1.165, 1.54) is 6.33 Å². The van der Waals surface area contributed by atoms with Crippen LogP contribution in [0.1, 0.15) is 76.7 Å². The number of benzene rings is 1. The van der Waals surface area contributed by atoms with Crippen molar-refractivity contribution in [1.29, 1.82) is 0 Å². The zero-order valence-corrected chi connectivity index (χ0v) is 22.4. The monoisotopic (exact) mass is 523 g/mol. The minimum absolute atomic E-state index is 0.0262. The van der Waals surface area contributed by atoms with Crippen LogP contribution in [-0.2, 0) is 9.59 Å². The van der Waals surface area contributed by atoms with Crippen LogP contribution in [0.3, 0.4) is 0 Å². The first-order chi connectivity index (χ1) is 18.4. The first-order valence-corrected chi connectivity index (χ1v) is 14.0. The summed E-state index contributed by atoms with van der Waals surface area (Å²) in [6.07, 6.45) is 8.17. The molecule has 4 atom stereocenters. The molecule has 1 aromatic carbocycles. The highest BCUT2D eigenvalue weighted by Crippen LogP contribution is 2.36. The number of Topliss-reactive ketones (excluding diaryl/α,β-unsaturated/α-hetero) is 2. The Balaban J connectivity index is 1.10. The third-order valence-corrected chi connectivity index (χ3v) is 8.17. The minimum atomic E-state index is -0.506. The van der Waals surface area contributed by atoms with E-state index >= 15 is 0 Å². The van der Waals surface area contributed by atoms with Crippen LogP contribution >= 0.6 is 0 Å². The van der Waals surface area contributed by atoms with Crippen LogP contribution in [0, 0.1) is 23.6 Å². The van der Waals surface area contributed by atoms with Crippen molar-refractivity contribution < 1.29 is 23.5 Å². The molecule has 0 spiro atoms. The number of ether oxygens (including phenoxy) is 2. The molecule has 1 aromatic heterocycles. The van der Waals surface area contributed by atoms with Gasteiger partial charge in [-0.25, -0.2) is 4.98 Å². The van der Waals surface area contributed by atoms with Crippen molar-refractivity contribution in [3.63, 3.8) is 0 Å². The van der Waals surface area contributed by atoms with Crippen molar-refractivity contribution in [3.05, 3.63) is 42.0 Å². The van der Waals surface area contributed by atoms with Gasteiger partial charge in [0.05, 0.1) is 13.2 Å². The molecule has 8 heteroatoms. The van der Waals surface area contributed by atoms with Gasteiger partial charge in [0.1, 0.15) is 29.7 Å². The molecule has 1 aliphatic heterocycles. The van der Waals surface area contributed by atoms with E-state index < -0.39 is 5.82 Å². The maximum atomic E-state index is 15.0. The highest BCUT2D eigenvalue weighted by molar-refractivity contribution is 5.82. The average Bonchev–Trinajstić information content (AvgIpc) is 3.41. The van der Waals surface area contributed by atoms with Gasteiger partial charge in [-0.1, -0.05) is 19.1 Å². The second-order valence-electron chi connectivity index (χ2n) is 11.5. The quantitative estimate of drug-likeness (QED) is 0.362. The Bertz CT molecular complexity index is 1140. The van der Waals surface area contributed by atoms with Gasteiger partial charge in [0.25, 0.3) is 5.88 Å². The van der Waals surface area contributed by atoms with Crippen molar-refractivity contribution in [2.45, 2.75) is 77.2 Å². The van der Waals surface area contributed by atoms with Gasteiger partial charge in [0.2, 0.25) is 5.82 Å². The standard InChI is InChI=1S/C30H38FN3O4/c1-19(13-27(36)24-6-5-22(15-24)14-20(2)35)23-7-9-25(10-8-23)38-26-11-12-34(16-26)29-28(31)30(33-18-32-29)37-17-21-3-4-21/h7-10,18-19,21-22,24,26H,3-6,11-17H2,1-2H3/t19-,22+,24+,26?/m1/s1. The van der Waals surface area contributed by atoms with Gasteiger partial charge in [-0.2, -0.15) is 9.37 Å². The summed E-state index contributed by atoms with van der Waals surface area (Å²) in [6, 6.07) is 7.96. The zero-order chi connectivity index (χ0) is 26.6. The van der Waals surface area contributed by atoms with E-state index in [4.69, 9.17) is 9.47 Å². The van der Waals surface area contributed by atoms with Crippen LogP contribution in [0.5, 0.6) is 11.6 Å². The molecule has 3 aliphatic rings. The third-order valence-electron chi connectivity index (χ3n) is 8.17. The van der Waals surface area contributed by atoms with E-state index in [1.54, 1.807) is 6.92 Å². The van der Waals surface area contributed by atoms with Gasteiger partial charge in [0, 0.05) is 31.7 Å². The van der Waals surface area contributed by atoms with E-state index in [0.29, 0.717) is 50.2 Å². The molecular weight excluding hydrogens is 485 g/mol. The fourth-order valence-electron chi connectivity index (χ4n) is 5.78. The smallest absolute Gasteiger partial charge is 0.255 e. The third kappa shape index (κ3) is 6.69. The summed E-state index contributed by atoms with van der Waals surface area (Å²) in [5, 5.41) is 0. The van der Waals surface area contributed by atoms with Crippen LogP contribution in [0.25, 0.3) is 0 Å². The number of aromatic nitrogens is 2. The molecule has 204 valence electrons. The van der Waals surface area contributed by atoms with Gasteiger partial charge in [-0.15, -0.1) is 0 Å². The molecule has 0 N–H and O–H groups in total. The predicted molar refractivity (Wildman–Crippen MR) is 142 cm³/mol. The second-order valence-corrected chi connectivity index (χ2v) is 11.5.